The van der Waals surface area contributed by atoms with E-state index in [0.717, 1.165) is 13.1 Å². The molecule has 0 saturated heterocycles. The van der Waals surface area contributed by atoms with Crippen molar-refractivity contribution in [3.8, 4) is 0 Å². The SMILES string of the molecule is NC(c1cc(Br)sc1Br)c1cccc(Cl)c1F. The molecule has 0 amide bonds. The van der Waals surface area contributed by atoms with Crippen LogP contribution in [0.4, 0.5) is 4.39 Å². The summed E-state index contributed by atoms with van der Waals surface area (Å²) in [6.45, 7) is 0. The molecule has 17 heavy (non-hydrogen) atoms. The quantitative estimate of drug-likeness (QED) is 0.746. The molecule has 0 radical (unpaired) electrons. The van der Waals surface area contributed by atoms with E-state index in [0.29, 0.717) is 5.56 Å². The van der Waals surface area contributed by atoms with E-state index < -0.39 is 11.9 Å². The van der Waals surface area contributed by atoms with Crippen LogP contribution in [0.2, 0.25) is 5.02 Å². The minimum atomic E-state index is -0.536. The number of halogens is 4. The number of thiophene rings is 1. The van der Waals surface area contributed by atoms with Crippen LogP contribution in [0.3, 0.4) is 0 Å². The summed E-state index contributed by atoms with van der Waals surface area (Å²) >= 11 is 14.0. The molecule has 0 aliphatic carbocycles. The lowest BCUT2D eigenvalue weighted by molar-refractivity contribution is 0.600. The van der Waals surface area contributed by atoms with Crippen molar-refractivity contribution in [2.24, 2.45) is 5.73 Å². The Morgan fingerprint density at radius 1 is 1.29 bits per heavy atom. The second kappa shape index (κ2) is 5.36. The summed E-state index contributed by atoms with van der Waals surface area (Å²) in [4.78, 5) is 0. The average Bonchev–Trinajstić information content (AvgIpc) is 2.61. The van der Waals surface area contributed by atoms with Gasteiger partial charge in [-0.3, -0.25) is 0 Å². The van der Waals surface area contributed by atoms with Crippen LogP contribution in [0.15, 0.2) is 31.8 Å². The highest BCUT2D eigenvalue weighted by Gasteiger charge is 2.19. The molecule has 1 nitrogen and oxygen atoms in total. The molecule has 0 bridgehead atoms. The maximum absolute atomic E-state index is 13.8. The molecule has 1 unspecified atom stereocenters. The number of hydrogen-bond acceptors (Lipinski definition) is 2. The fourth-order valence-electron chi connectivity index (χ4n) is 1.49. The molecule has 2 aromatic rings. The van der Waals surface area contributed by atoms with Crippen LogP contribution in [0.1, 0.15) is 17.2 Å². The number of nitrogens with two attached hydrogens (primary N) is 1. The number of benzene rings is 1. The third kappa shape index (κ3) is 2.74. The molecule has 1 heterocycles. The first-order chi connectivity index (χ1) is 8.00. The fraction of sp³-hybridized carbons (Fsp3) is 0.0909. The van der Waals surface area contributed by atoms with E-state index in [9.17, 15) is 4.39 Å². The molecule has 1 aromatic heterocycles. The predicted octanol–water partition coefficient (Wildman–Crippen LogP) is 5.11. The molecule has 2 rings (SSSR count). The molecule has 0 fully saturated rings. The van der Waals surface area contributed by atoms with Crippen molar-refractivity contribution in [1.29, 1.82) is 0 Å². The molecular formula is C11H7Br2ClFNS. The first kappa shape index (κ1) is 13.5. The van der Waals surface area contributed by atoms with Crippen molar-refractivity contribution >= 4 is 54.8 Å². The highest BCUT2D eigenvalue weighted by Crippen LogP contribution is 2.37. The first-order valence-electron chi connectivity index (χ1n) is 4.65. The van der Waals surface area contributed by atoms with Gasteiger partial charge in [-0.05, 0) is 49.6 Å². The monoisotopic (exact) mass is 397 g/mol. The van der Waals surface area contributed by atoms with Crippen molar-refractivity contribution < 1.29 is 4.39 Å². The van der Waals surface area contributed by atoms with Gasteiger partial charge in [0, 0.05) is 5.56 Å². The van der Waals surface area contributed by atoms with Gasteiger partial charge >= 0.3 is 0 Å². The van der Waals surface area contributed by atoms with Gasteiger partial charge in [0.05, 0.1) is 18.6 Å². The molecule has 0 saturated carbocycles. The normalized spacial score (nSPS) is 12.8. The van der Waals surface area contributed by atoms with Crippen LogP contribution < -0.4 is 5.73 Å². The van der Waals surface area contributed by atoms with Crippen LogP contribution in [0.5, 0.6) is 0 Å². The lowest BCUT2D eigenvalue weighted by atomic mass is 10.0. The summed E-state index contributed by atoms with van der Waals surface area (Å²) in [6, 6.07) is 6.18. The van der Waals surface area contributed by atoms with Crippen molar-refractivity contribution in [3.05, 3.63) is 53.8 Å². The summed E-state index contributed by atoms with van der Waals surface area (Å²) in [5, 5.41) is 0.0865. The molecule has 1 atom stereocenters. The smallest absolute Gasteiger partial charge is 0.146 e. The van der Waals surface area contributed by atoms with E-state index in [-0.39, 0.29) is 5.02 Å². The van der Waals surface area contributed by atoms with Gasteiger partial charge in [-0.1, -0.05) is 23.7 Å². The van der Waals surface area contributed by atoms with Gasteiger partial charge in [-0.25, -0.2) is 4.39 Å². The topological polar surface area (TPSA) is 26.0 Å². The number of rotatable bonds is 2. The Labute approximate surface area is 124 Å². The third-order valence-electron chi connectivity index (χ3n) is 2.33. The number of hydrogen-bond donors (Lipinski definition) is 1. The zero-order valence-corrected chi connectivity index (χ0v) is 13.1. The Balaban J connectivity index is 2.47. The summed E-state index contributed by atoms with van der Waals surface area (Å²) in [5.74, 6) is -0.462. The summed E-state index contributed by atoms with van der Waals surface area (Å²) < 4.78 is 15.7. The Bertz CT molecular complexity index is 558. The molecule has 0 aliphatic heterocycles. The molecule has 0 spiro atoms. The van der Waals surface area contributed by atoms with Gasteiger partial charge < -0.3 is 5.73 Å². The maximum Gasteiger partial charge on any atom is 0.146 e. The Morgan fingerprint density at radius 3 is 2.59 bits per heavy atom. The van der Waals surface area contributed by atoms with Gasteiger partial charge in [0.15, 0.2) is 0 Å². The van der Waals surface area contributed by atoms with Crippen LogP contribution in [0, 0.1) is 5.82 Å². The van der Waals surface area contributed by atoms with E-state index in [2.05, 4.69) is 31.9 Å². The highest BCUT2D eigenvalue weighted by molar-refractivity contribution is 9.12. The van der Waals surface area contributed by atoms with Crippen LogP contribution in [0.25, 0.3) is 0 Å². The third-order valence-corrected chi connectivity index (χ3v) is 5.01. The molecular weight excluding hydrogens is 392 g/mol. The minimum Gasteiger partial charge on any atom is -0.320 e. The summed E-state index contributed by atoms with van der Waals surface area (Å²) in [7, 11) is 0. The summed E-state index contributed by atoms with van der Waals surface area (Å²) in [6.07, 6.45) is 0. The van der Waals surface area contributed by atoms with E-state index in [1.54, 1.807) is 12.1 Å². The Morgan fingerprint density at radius 2 is 2.00 bits per heavy atom. The van der Waals surface area contributed by atoms with Crippen molar-refractivity contribution in [1.82, 2.24) is 0 Å². The van der Waals surface area contributed by atoms with Gasteiger partial charge in [-0.2, -0.15) is 0 Å². The second-order valence-corrected chi connectivity index (χ2v) is 7.56. The lowest BCUT2D eigenvalue weighted by Crippen LogP contribution is -2.13. The zero-order valence-electron chi connectivity index (χ0n) is 8.38. The molecule has 2 N–H and O–H groups in total. The van der Waals surface area contributed by atoms with Crippen LogP contribution in [-0.2, 0) is 0 Å². The lowest BCUT2D eigenvalue weighted by Gasteiger charge is -2.13. The minimum absolute atomic E-state index is 0.0865. The molecule has 6 heteroatoms. The maximum atomic E-state index is 13.8. The van der Waals surface area contributed by atoms with E-state index in [1.807, 2.05) is 6.07 Å². The zero-order chi connectivity index (χ0) is 12.6. The fourth-order valence-corrected chi connectivity index (χ4v) is 4.60. The average molecular weight is 400 g/mol. The molecule has 1 aromatic carbocycles. The standard InChI is InChI=1S/C11H7Br2ClFNS/c12-8-4-6(11(13)17-8)10(16)5-2-1-3-7(14)9(5)15/h1-4,10H,16H2. The Kier molecular flexibility index (Phi) is 4.26. The van der Waals surface area contributed by atoms with Crippen molar-refractivity contribution in [3.63, 3.8) is 0 Å². The predicted molar refractivity (Wildman–Crippen MR) is 77.2 cm³/mol. The van der Waals surface area contributed by atoms with E-state index >= 15 is 0 Å². The highest BCUT2D eigenvalue weighted by atomic mass is 79.9. The van der Waals surface area contributed by atoms with E-state index in [4.69, 9.17) is 17.3 Å². The first-order valence-corrected chi connectivity index (χ1v) is 7.43. The van der Waals surface area contributed by atoms with E-state index in [1.165, 1.54) is 17.4 Å². The Hall–Kier alpha value is 0.0600. The second-order valence-electron chi connectivity index (χ2n) is 3.40. The van der Waals surface area contributed by atoms with Crippen LogP contribution >= 0.6 is 54.8 Å². The van der Waals surface area contributed by atoms with Crippen LogP contribution in [-0.4, -0.2) is 0 Å². The van der Waals surface area contributed by atoms with Gasteiger partial charge in [-0.15, -0.1) is 11.3 Å². The van der Waals surface area contributed by atoms with Gasteiger partial charge in [0.1, 0.15) is 5.82 Å². The summed E-state index contributed by atoms with van der Waals surface area (Å²) in [5.41, 5.74) is 7.29. The largest absolute Gasteiger partial charge is 0.320 e. The molecule has 90 valence electrons. The van der Waals surface area contributed by atoms with Crippen molar-refractivity contribution in [2.45, 2.75) is 6.04 Å². The van der Waals surface area contributed by atoms with Gasteiger partial charge in [0.2, 0.25) is 0 Å². The van der Waals surface area contributed by atoms with Crippen molar-refractivity contribution in [2.75, 3.05) is 0 Å². The van der Waals surface area contributed by atoms with Gasteiger partial charge in [0.25, 0.3) is 0 Å². The molecule has 0 aliphatic rings.